The molecule has 1 aromatic heterocycles. The Bertz CT molecular complexity index is 345. The molecule has 0 amide bonds. The van der Waals surface area contributed by atoms with E-state index in [4.69, 9.17) is 5.14 Å². The van der Waals surface area contributed by atoms with Crippen LogP contribution >= 0.6 is 11.3 Å². The van der Waals surface area contributed by atoms with Crippen molar-refractivity contribution >= 4 is 21.5 Å². The predicted molar refractivity (Wildman–Crippen MR) is 53.5 cm³/mol. The highest BCUT2D eigenvalue weighted by Gasteiger charge is 2.15. The monoisotopic (exact) mass is 220 g/mol. The minimum atomic E-state index is -3.55. The minimum absolute atomic E-state index is 0.368. The Balaban J connectivity index is 2.72. The Morgan fingerprint density at radius 1 is 1.62 bits per heavy atom. The van der Waals surface area contributed by atoms with Gasteiger partial charge in [0.25, 0.3) is 10.2 Å². The molecule has 0 fully saturated rings. The number of nitrogens with zero attached hydrogens (tertiary/aromatic N) is 1. The van der Waals surface area contributed by atoms with Crippen molar-refractivity contribution in [1.82, 2.24) is 4.31 Å². The molecule has 0 unspecified atom stereocenters. The maximum Gasteiger partial charge on any atom is 0.277 e. The van der Waals surface area contributed by atoms with Gasteiger partial charge in [0.2, 0.25) is 0 Å². The molecule has 0 spiro atoms. The SMILES string of the molecule is CCN(Cc1cccs1)S(N)(=O)=O. The van der Waals surface area contributed by atoms with Crippen molar-refractivity contribution in [2.45, 2.75) is 13.5 Å². The van der Waals surface area contributed by atoms with Gasteiger partial charge in [-0.15, -0.1) is 11.3 Å². The van der Waals surface area contributed by atoms with Crippen LogP contribution in [-0.4, -0.2) is 19.3 Å². The fourth-order valence-electron chi connectivity index (χ4n) is 0.958. The van der Waals surface area contributed by atoms with Crippen LogP contribution in [0.3, 0.4) is 0 Å². The smallest absolute Gasteiger partial charge is 0.216 e. The molecular weight excluding hydrogens is 208 g/mol. The maximum absolute atomic E-state index is 11.0. The highest BCUT2D eigenvalue weighted by Crippen LogP contribution is 2.12. The molecule has 0 aromatic carbocycles. The van der Waals surface area contributed by atoms with E-state index in [0.717, 1.165) is 4.88 Å². The number of hydrogen-bond donors (Lipinski definition) is 1. The molecule has 4 nitrogen and oxygen atoms in total. The van der Waals surface area contributed by atoms with Gasteiger partial charge < -0.3 is 0 Å². The van der Waals surface area contributed by atoms with Crippen molar-refractivity contribution in [1.29, 1.82) is 0 Å². The molecule has 13 heavy (non-hydrogen) atoms. The summed E-state index contributed by atoms with van der Waals surface area (Å²) in [6, 6.07) is 3.77. The molecule has 6 heteroatoms. The summed E-state index contributed by atoms with van der Waals surface area (Å²) < 4.78 is 23.2. The summed E-state index contributed by atoms with van der Waals surface area (Å²) in [4.78, 5) is 0.996. The molecule has 74 valence electrons. The van der Waals surface area contributed by atoms with Crippen LogP contribution in [0.4, 0.5) is 0 Å². The summed E-state index contributed by atoms with van der Waals surface area (Å²) in [7, 11) is -3.55. The third kappa shape index (κ3) is 3.07. The molecule has 0 aliphatic rings. The van der Waals surface area contributed by atoms with E-state index in [1.54, 1.807) is 6.92 Å². The van der Waals surface area contributed by atoms with E-state index in [1.807, 2.05) is 17.5 Å². The summed E-state index contributed by atoms with van der Waals surface area (Å²) >= 11 is 1.52. The van der Waals surface area contributed by atoms with Crippen LogP contribution in [0.5, 0.6) is 0 Å². The summed E-state index contributed by atoms with van der Waals surface area (Å²) in [5.41, 5.74) is 0. The van der Waals surface area contributed by atoms with Gasteiger partial charge >= 0.3 is 0 Å². The lowest BCUT2D eigenvalue weighted by molar-refractivity contribution is 0.427. The third-order valence-electron chi connectivity index (χ3n) is 1.62. The lowest BCUT2D eigenvalue weighted by Crippen LogP contribution is -2.35. The largest absolute Gasteiger partial charge is 0.277 e. The van der Waals surface area contributed by atoms with E-state index >= 15 is 0 Å². The molecule has 0 saturated heterocycles. The van der Waals surface area contributed by atoms with Gasteiger partial charge in [0.15, 0.2) is 0 Å². The predicted octanol–water partition coefficient (Wildman–Crippen LogP) is 0.774. The van der Waals surface area contributed by atoms with Gasteiger partial charge in [-0.25, -0.2) is 5.14 Å². The second-order valence-corrected chi connectivity index (χ2v) is 5.13. The molecule has 0 atom stereocenters. The van der Waals surface area contributed by atoms with E-state index in [9.17, 15) is 8.42 Å². The zero-order chi connectivity index (χ0) is 9.90. The van der Waals surface area contributed by atoms with Crippen molar-refractivity contribution in [2.24, 2.45) is 5.14 Å². The van der Waals surface area contributed by atoms with E-state index in [2.05, 4.69) is 0 Å². The Kier molecular flexibility index (Phi) is 3.43. The molecular formula is C7H12N2O2S2. The normalized spacial score (nSPS) is 12.2. The van der Waals surface area contributed by atoms with Crippen LogP contribution in [-0.2, 0) is 16.8 Å². The average Bonchev–Trinajstić information content (AvgIpc) is 2.49. The zero-order valence-electron chi connectivity index (χ0n) is 7.30. The molecule has 1 heterocycles. The topological polar surface area (TPSA) is 63.4 Å². The van der Waals surface area contributed by atoms with Gasteiger partial charge in [-0.05, 0) is 11.4 Å². The average molecular weight is 220 g/mol. The van der Waals surface area contributed by atoms with E-state index in [1.165, 1.54) is 15.6 Å². The quantitative estimate of drug-likeness (QED) is 0.814. The number of nitrogens with two attached hydrogens (primary N) is 1. The van der Waals surface area contributed by atoms with Crippen LogP contribution in [0.1, 0.15) is 11.8 Å². The molecule has 0 aliphatic carbocycles. The second kappa shape index (κ2) is 4.19. The van der Waals surface area contributed by atoms with Gasteiger partial charge in [0.05, 0.1) is 0 Å². The number of rotatable bonds is 4. The molecule has 1 rings (SSSR count). The molecule has 2 N–H and O–H groups in total. The maximum atomic E-state index is 11.0. The van der Waals surface area contributed by atoms with Crippen molar-refractivity contribution in [3.8, 4) is 0 Å². The van der Waals surface area contributed by atoms with Crippen LogP contribution in [0, 0.1) is 0 Å². The molecule has 0 radical (unpaired) electrons. The first-order chi connectivity index (χ1) is 6.04. The van der Waals surface area contributed by atoms with E-state index < -0.39 is 10.2 Å². The standard InChI is InChI=1S/C7H12N2O2S2/c1-2-9(13(8,10)11)6-7-4-3-5-12-7/h3-5H,2,6H2,1H3,(H2,8,10,11). The zero-order valence-corrected chi connectivity index (χ0v) is 8.94. The minimum Gasteiger partial charge on any atom is -0.216 e. The van der Waals surface area contributed by atoms with Crippen molar-refractivity contribution in [2.75, 3.05) is 6.54 Å². The summed E-state index contributed by atoms with van der Waals surface area (Å²) in [5, 5.41) is 6.92. The van der Waals surface area contributed by atoms with Crippen LogP contribution in [0.2, 0.25) is 0 Å². The lowest BCUT2D eigenvalue weighted by atomic mass is 10.4. The van der Waals surface area contributed by atoms with Crippen LogP contribution < -0.4 is 5.14 Å². The van der Waals surface area contributed by atoms with Crippen molar-refractivity contribution < 1.29 is 8.42 Å². The highest BCUT2D eigenvalue weighted by molar-refractivity contribution is 7.86. The Morgan fingerprint density at radius 3 is 2.69 bits per heavy atom. The molecule has 0 aliphatic heterocycles. The van der Waals surface area contributed by atoms with Crippen molar-refractivity contribution in [3.63, 3.8) is 0 Å². The summed E-state index contributed by atoms with van der Waals surface area (Å²) in [6.45, 7) is 2.53. The molecule has 1 aromatic rings. The van der Waals surface area contributed by atoms with Crippen LogP contribution in [0.25, 0.3) is 0 Å². The van der Waals surface area contributed by atoms with Crippen LogP contribution in [0.15, 0.2) is 17.5 Å². The fourth-order valence-corrected chi connectivity index (χ4v) is 2.44. The van der Waals surface area contributed by atoms with Gasteiger partial charge in [-0.2, -0.15) is 12.7 Å². The Labute approximate surface area is 82.2 Å². The second-order valence-electron chi connectivity index (χ2n) is 2.55. The number of thiophene rings is 1. The van der Waals surface area contributed by atoms with Gasteiger partial charge in [-0.1, -0.05) is 13.0 Å². The molecule has 0 saturated carbocycles. The Morgan fingerprint density at radius 2 is 2.31 bits per heavy atom. The van der Waals surface area contributed by atoms with E-state index in [0.29, 0.717) is 13.1 Å². The van der Waals surface area contributed by atoms with Gasteiger partial charge in [0.1, 0.15) is 0 Å². The highest BCUT2D eigenvalue weighted by atomic mass is 32.2. The summed E-state index contributed by atoms with van der Waals surface area (Å²) in [6.07, 6.45) is 0. The van der Waals surface area contributed by atoms with Gasteiger partial charge in [-0.3, -0.25) is 0 Å². The van der Waals surface area contributed by atoms with E-state index in [-0.39, 0.29) is 0 Å². The van der Waals surface area contributed by atoms with Crippen molar-refractivity contribution in [3.05, 3.63) is 22.4 Å². The first-order valence-corrected chi connectivity index (χ1v) is 6.22. The number of hydrogen-bond acceptors (Lipinski definition) is 3. The fraction of sp³-hybridized carbons (Fsp3) is 0.429. The first kappa shape index (κ1) is 10.6. The van der Waals surface area contributed by atoms with Gasteiger partial charge in [0, 0.05) is 18.0 Å². The molecule has 0 bridgehead atoms. The summed E-state index contributed by atoms with van der Waals surface area (Å²) in [5.74, 6) is 0. The Hall–Kier alpha value is -0.430. The third-order valence-corrected chi connectivity index (χ3v) is 3.59. The lowest BCUT2D eigenvalue weighted by Gasteiger charge is -2.15. The first-order valence-electron chi connectivity index (χ1n) is 3.84.